The molecule has 0 aliphatic carbocycles. The second-order valence-electron chi connectivity index (χ2n) is 6.56. The van der Waals surface area contributed by atoms with Gasteiger partial charge in [-0.3, -0.25) is 0 Å². The predicted octanol–water partition coefficient (Wildman–Crippen LogP) is 7.34. The van der Waals surface area contributed by atoms with Crippen LogP contribution in [0.3, 0.4) is 0 Å². The van der Waals surface area contributed by atoms with E-state index in [2.05, 4.69) is 0 Å². The molecule has 1 unspecified atom stereocenters. The number of hydrogen-bond donors (Lipinski definition) is 0. The van der Waals surface area contributed by atoms with Crippen LogP contribution in [0.1, 0.15) is 12.5 Å². The Bertz CT molecular complexity index is 1000. The third-order valence-corrected chi connectivity index (χ3v) is 5.56. The average molecular weight is 452 g/mol. The third kappa shape index (κ3) is 5.11. The molecule has 0 aliphatic rings. The first kappa shape index (κ1) is 21.6. The van der Waals surface area contributed by atoms with Crippen molar-refractivity contribution >= 4 is 34.8 Å². The van der Waals surface area contributed by atoms with Gasteiger partial charge in [0.15, 0.2) is 0 Å². The summed E-state index contributed by atoms with van der Waals surface area (Å²) in [6.45, 7) is 1.98. The van der Waals surface area contributed by atoms with Crippen LogP contribution in [0.4, 0.5) is 0 Å². The maximum Gasteiger partial charge on any atom is 0.138 e. The molecule has 0 heterocycles. The van der Waals surface area contributed by atoms with Gasteiger partial charge in [-0.1, -0.05) is 53.0 Å². The Labute approximate surface area is 186 Å². The summed E-state index contributed by atoms with van der Waals surface area (Å²) in [6, 6.07) is 16.8. The van der Waals surface area contributed by atoms with E-state index in [-0.39, 0.29) is 6.10 Å². The minimum atomic E-state index is -0.146. The van der Waals surface area contributed by atoms with Gasteiger partial charge in [-0.05, 0) is 54.4 Å². The summed E-state index contributed by atoms with van der Waals surface area (Å²) in [5.41, 5.74) is 2.63. The minimum absolute atomic E-state index is 0.146. The molecule has 0 saturated carbocycles. The Hall–Kier alpha value is -2.07. The van der Waals surface area contributed by atoms with E-state index >= 15 is 0 Å². The van der Waals surface area contributed by atoms with Crippen LogP contribution in [0.25, 0.3) is 11.1 Å². The van der Waals surface area contributed by atoms with E-state index in [0.29, 0.717) is 38.7 Å². The second-order valence-corrected chi connectivity index (χ2v) is 7.75. The molecule has 0 spiro atoms. The highest BCUT2D eigenvalue weighted by molar-refractivity contribution is 6.34. The van der Waals surface area contributed by atoms with Crippen LogP contribution in [0.5, 0.6) is 17.2 Å². The molecule has 3 nitrogen and oxygen atoms in total. The zero-order valence-corrected chi connectivity index (χ0v) is 18.6. The van der Waals surface area contributed by atoms with Crippen LogP contribution in [-0.4, -0.2) is 20.3 Å². The predicted molar refractivity (Wildman–Crippen MR) is 120 cm³/mol. The van der Waals surface area contributed by atoms with Crippen molar-refractivity contribution < 1.29 is 14.2 Å². The molecular weight excluding hydrogens is 431 g/mol. The van der Waals surface area contributed by atoms with Gasteiger partial charge >= 0.3 is 0 Å². The zero-order valence-electron chi connectivity index (χ0n) is 16.3. The van der Waals surface area contributed by atoms with Gasteiger partial charge in [-0.25, -0.2) is 0 Å². The van der Waals surface area contributed by atoms with E-state index in [4.69, 9.17) is 49.0 Å². The van der Waals surface area contributed by atoms with Gasteiger partial charge in [0.05, 0.1) is 29.3 Å². The van der Waals surface area contributed by atoms with Crippen LogP contribution >= 0.6 is 34.8 Å². The zero-order chi connectivity index (χ0) is 21.0. The minimum Gasteiger partial charge on any atom is -0.497 e. The van der Waals surface area contributed by atoms with Crippen molar-refractivity contribution in [2.24, 2.45) is 0 Å². The van der Waals surface area contributed by atoms with E-state index in [1.54, 1.807) is 26.4 Å². The van der Waals surface area contributed by atoms with Gasteiger partial charge in [0.25, 0.3) is 0 Å². The Morgan fingerprint density at radius 3 is 2.24 bits per heavy atom. The number of rotatable bonds is 7. The number of para-hydroxylation sites is 1. The fourth-order valence-corrected chi connectivity index (χ4v) is 3.74. The van der Waals surface area contributed by atoms with E-state index in [1.165, 1.54) is 0 Å². The van der Waals surface area contributed by atoms with Crippen LogP contribution < -0.4 is 14.2 Å². The quantitative estimate of drug-likeness (QED) is 0.376. The molecule has 0 N–H and O–H groups in total. The van der Waals surface area contributed by atoms with E-state index in [1.807, 2.05) is 49.4 Å². The smallest absolute Gasteiger partial charge is 0.138 e. The monoisotopic (exact) mass is 450 g/mol. The van der Waals surface area contributed by atoms with E-state index in [9.17, 15) is 0 Å². The molecule has 0 aromatic heterocycles. The molecule has 6 heteroatoms. The summed E-state index contributed by atoms with van der Waals surface area (Å²) in [6.07, 6.45) is 0.436. The van der Waals surface area contributed by atoms with Gasteiger partial charge in [0, 0.05) is 12.0 Å². The lowest BCUT2D eigenvalue weighted by Crippen LogP contribution is -2.15. The fraction of sp³-hybridized carbons (Fsp3) is 0.217. The standard InChI is InChI=1S/C23H21Cl3O3/c1-14(29-21-7-5-4-6-19(21)24)10-16-11-17(27-2)13-18(23(16)26)15-8-9-20(25)22(12-15)28-3/h4-9,11-14H,10H2,1-3H3. The number of hydrogen-bond acceptors (Lipinski definition) is 3. The lowest BCUT2D eigenvalue weighted by molar-refractivity contribution is 0.222. The van der Waals surface area contributed by atoms with Crippen molar-refractivity contribution in [3.8, 4) is 28.4 Å². The first-order chi connectivity index (χ1) is 13.9. The van der Waals surface area contributed by atoms with Gasteiger partial charge in [-0.15, -0.1) is 0 Å². The van der Waals surface area contributed by atoms with Crippen LogP contribution in [-0.2, 0) is 6.42 Å². The molecule has 3 aromatic carbocycles. The van der Waals surface area contributed by atoms with Crippen molar-refractivity contribution in [2.75, 3.05) is 14.2 Å². The first-order valence-electron chi connectivity index (χ1n) is 9.04. The molecule has 3 rings (SSSR count). The number of ether oxygens (including phenoxy) is 3. The van der Waals surface area contributed by atoms with Gasteiger partial charge in [-0.2, -0.15) is 0 Å². The average Bonchev–Trinajstić information content (AvgIpc) is 2.71. The summed E-state index contributed by atoms with van der Waals surface area (Å²) < 4.78 is 16.8. The van der Waals surface area contributed by atoms with Gasteiger partial charge in [0.1, 0.15) is 23.4 Å². The van der Waals surface area contributed by atoms with Gasteiger partial charge < -0.3 is 14.2 Å². The van der Waals surface area contributed by atoms with Crippen LogP contribution in [0.2, 0.25) is 15.1 Å². The van der Waals surface area contributed by atoms with Crippen molar-refractivity contribution in [1.82, 2.24) is 0 Å². The molecule has 0 aliphatic heterocycles. The number of halogens is 3. The maximum atomic E-state index is 6.77. The summed E-state index contributed by atoms with van der Waals surface area (Å²) in [5.74, 6) is 1.93. The molecular formula is C23H21Cl3O3. The molecule has 0 radical (unpaired) electrons. The maximum absolute atomic E-state index is 6.77. The molecule has 0 saturated heterocycles. The number of methoxy groups -OCH3 is 2. The summed E-state index contributed by atoms with van der Waals surface area (Å²) >= 11 is 19.1. The Morgan fingerprint density at radius 2 is 1.55 bits per heavy atom. The van der Waals surface area contributed by atoms with Crippen LogP contribution in [0.15, 0.2) is 54.6 Å². The van der Waals surface area contributed by atoms with Crippen molar-refractivity contribution in [3.63, 3.8) is 0 Å². The lowest BCUT2D eigenvalue weighted by Gasteiger charge is -2.19. The molecule has 0 amide bonds. The molecule has 3 aromatic rings. The fourth-order valence-electron chi connectivity index (χ4n) is 3.07. The summed E-state index contributed by atoms with van der Waals surface area (Å²) in [5, 5.41) is 1.74. The number of benzene rings is 3. The molecule has 1 atom stereocenters. The Balaban J connectivity index is 1.93. The van der Waals surface area contributed by atoms with E-state index in [0.717, 1.165) is 16.7 Å². The van der Waals surface area contributed by atoms with Crippen molar-refractivity contribution in [2.45, 2.75) is 19.4 Å². The summed E-state index contributed by atoms with van der Waals surface area (Å²) in [7, 11) is 3.21. The highest BCUT2D eigenvalue weighted by atomic mass is 35.5. The normalized spacial score (nSPS) is 11.8. The second kappa shape index (κ2) is 9.62. The SMILES string of the molecule is COc1cc(CC(C)Oc2ccccc2Cl)c(Cl)c(-c2ccc(Cl)c(OC)c2)c1. The Morgan fingerprint density at radius 1 is 0.828 bits per heavy atom. The van der Waals surface area contributed by atoms with Crippen molar-refractivity contribution in [1.29, 1.82) is 0 Å². The topological polar surface area (TPSA) is 27.7 Å². The highest BCUT2D eigenvalue weighted by Gasteiger charge is 2.16. The summed E-state index contributed by atoms with van der Waals surface area (Å²) in [4.78, 5) is 0. The Kier molecular flexibility index (Phi) is 7.18. The molecule has 152 valence electrons. The lowest BCUT2D eigenvalue weighted by atomic mass is 9.99. The molecule has 0 bridgehead atoms. The van der Waals surface area contributed by atoms with E-state index < -0.39 is 0 Å². The third-order valence-electron chi connectivity index (χ3n) is 4.49. The largest absolute Gasteiger partial charge is 0.497 e. The van der Waals surface area contributed by atoms with Crippen molar-refractivity contribution in [3.05, 3.63) is 75.2 Å². The molecule has 0 fully saturated rings. The van der Waals surface area contributed by atoms with Crippen LogP contribution in [0, 0.1) is 0 Å². The first-order valence-corrected chi connectivity index (χ1v) is 10.2. The highest BCUT2D eigenvalue weighted by Crippen LogP contribution is 2.38. The van der Waals surface area contributed by atoms with Gasteiger partial charge in [0.2, 0.25) is 0 Å². The molecule has 29 heavy (non-hydrogen) atoms.